The fraction of sp³-hybridized carbons (Fsp3) is 0.412. The molecule has 4 amide bonds. The summed E-state index contributed by atoms with van der Waals surface area (Å²) in [6.07, 6.45) is 0.119. The highest BCUT2D eigenvalue weighted by molar-refractivity contribution is 6.07. The first-order chi connectivity index (χ1) is 11.7. The highest BCUT2D eigenvalue weighted by Gasteiger charge is 2.46. The fourth-order valence-corrected chi connectivity index (χ4v) is 2.62. The zero-order valence-electron chi connectivity index (χ0n) is 14.1. The summed E-state index contributed by atoms with van der Waals surface area (Å²) in [5, 5.41) is 13.8. The Morgan fingerprint density at radius 3 is 2.40 bits per heavy atom. The van der Waals surface area contributed by atoms with Crippen molar-refractivity contribution in [1.82, 2.24) is 15.5 Å². The summed E-state index contributed by atoms with van der Waals surface area (Å²) >= 11 is 0. The predicted molar refractivity (Wildman–Crippen MR) is 88.5 cm³/mol. The van der Waals surface area contributed by atoms with Gasteiger partial charge in [-0.1, -0.05) is 30.3 Å². The third-order valence-electron chi connectivity index (χ3n) is 4.18. The van der Waals surface area contributed by atoms with E-state index >= 15 is 0 Å². The number of amides is 4. The average Bonchev–Trinajstić information content (AvgIpc) is 2.74. The molecule has 25 heavy (non-hydrogen) atoms. The number of aliphatic carboxylic acids is 1. The van der Waals surface area contributed by atoms with Crippen LogP contribution in [-0.4, -0.2) is 45.9 Å². The van der Waals surface area contributed by atoms with Crippen LogP contribution in [0.15, 0.2) is 30.3 Å². The first-order valence-corrected chi connectivity index (χ1v) is 7.91. The quantitative estimate of drug-likeness (QED) is 0.637. The molecule has 8 heteroatoms. The van der Waals surface area contributed by atoms with Crippen molar-refractivity contribution >= 4 is 23.8 Å². The molecule has 134 valence electrons. The number of nitrogens with zero attached hydrogens (tertiary/aromatic N) is 1. The zero-order chi connectivity index (χ0) is 18.6. The Morgan fingerprint density at radius 2 is 1.88 bits per heavy atom. The molecule has 1 atom stereocenters. The number of benzene rings is 1. The Bertz CT molecular complexity index is 687. The van der Waals surface area contributed by atoms with Gasteiger partial charge in [0, 0.05) is 6.42 Å². The maximum absolute atomic E-state index is 12.4. The van der Waals surface area contributed by atoms with E-state index in [0.29, 0.717) is 0 Å². The lowest BCUT2D eigenvalue weighted by molar-refractivity contribution is -0.137. The molecule has 0 bridgehead atoms. The Morgan fingerprint density at radius 1 is 1.24 bits per heavy atom. The SMILES string of the molecule is CC1(C)C(=O)NC(=O)N1CC(=O)N[C@H](CCC(=O)O)c1ccccc1. The predicted octanol–water partition coefficient (Wildman–Crippen LogP) is 1.04. The molecular weight excluding hydrogens is 326 g/mol. The molecule has 0 aliphatic carbocycles. The van der Waals surface area contributed by atoms with E-state index in [1.54, 1.807) is 38.1 Å². The van der Waals surface area contributed by atoms with Crippen LogP contribution in [0.1, 0.15) is 38.3 Å². The van der Waals surface area contributed by atoms with E-state index in [4.69, 9.17) is 5.11 Å². The van der Waals surface area contributed by atoms with Crippen LogP contribution in [-0.2, 0) is 14.4 Å². The number of hydrogen-bond acceptors (Lipinski definition) is 4. The molecule has 0 spiro atoms. The molecule has 8 nitrogen and oxygen atoms in total. The van der Waals surface area contributed by atoms with Crippen molar-refractivity contribution in [2.24, 2.45) is 0 Å². The molecule has 1 aromatic rings. The van der Waals surface area contributed by atoms with Gasteiger partial charge in [-0.2, -0.15) is 0 Å². The molecule has 1 aromatic carbocycles. The van der Waals surface area contributed by atoms with E-state index in [9.17, 15) is 19.2 Å². The van der Waals surface area contributed by atoms with Crippen LogP contribution in [0.25, 0.3) is 0 Å². The summed E-state index contributed by atoms with van der Waals surface area (Å²) in [6.45, 7) is 2.82. The van der Waals surface area contributed by atoms with Gasteiger partial charge in [-0.15, -0.1) is 0 Å². The fourth-order valence-electron chi connectivity index (χ4n) is 2.62. The second-order valence-corrected chi connectivity index (χ2v) is 6.37. The van der Waals surface area contributed by atoms with Gasteiger partial charge in [0.05, 0.1) is 6.04 Å². The molecular formula is C17H21N3O5. The van der Waals surface area contributed by atoms with E-state index in [-0.39, 0.29) is 19.4 Å². The molecule has 1 aliphatic rings. The summed E-state index contributed by atoms with van der Waals surface area (Å²) < 4.78 is 0. The van der Waals surface area contributed by atoms with Crippen LogP contribution in [0.3, 0.4) is 0 Å². The molecule has 2 rings (SSSR count). The average molecular weight is 347 g/mol. The van der Waals surface area contributed by atoms with E-state index in [1.807, 2.05) is 6.07 Å². The van der Waals surface area contributed by atoms with Crippen LogP contribution in [0.4, 0.5) is 4.79 Å². The molecule has 0 aromatic heterocycles. The van der Waals surface area contributed by atoms with Crippen LogP contribution < -0.4 is 10.6 Å². The monoisotopic (exact) mass is 347 g/mol. The molecule has 0 unspecified atom stereocenters. The molecule has 1 saturated heterocycles. The zero-order valence-corrected chi connectivity index (χ0v) is 14.1. The largest absolute Gasteiger partial charge is 0.481 e. The summed E-state index contributed by atoms with van der Waals surface area (Å²) in [4.78, 5) is 48.0. The Balaban J connectivity index is 2.08. The topological polar surface area (TPSA) is 116 Å². The van der Waals surface area contributed by atoms with Crippen LogP contribution >= 0.6 is 0 Å². The number of carboxylic acids is 1. The second-order valence-electron chi connectivity index (χ2n) is 6.37. The van der Waals surface area contributed by atoms with Gasteiger partial charge in [-0.05, 0) is 25.8 Å². The van der Waals surface area contributed by atoms with Gasteiger partial charge in [0.2, 0.25) is 5.91 Å². The Kier molecular flexibility index (Phi) is 5.41. The van der Waals surface area contributed by atoms with Gasteiger partial charge in [0.25, 0.3) is 5.91 Å². The summed E-state index contributed by atoms with van der Waals surface area (Å²) in [7, 11) is 0. The van der Waals surface area contributed by atoms with Gasteiger partial charge < -0.3 is 15.3 Å². The van der Waals surface area contributed by atoms with Gasteiger partial charge in [-0.25, -0.2) is 4.79 Å². The van der Waals surface area contributed by atoms with Gasteiger partial charge in [0.15, 0.2) is 0 Å². The smallest absolute Gasteiger partial charge is 0.325 e. The second kappa shape index (κ2) is 7.33. The van der Waals surface area contributed by atoms with E-state index in [1.165, 1.54) is 0 Å². The number of nitrogens with one attached hydrogen (secondary N) is 2. The minimum absolute atomic E-state index is 0.103. The van der Waals surface area contributed by atoms with Crippen molar-refractivity contribution in [3.8, 4) is 0 Å². The molecule has 1 heterocycles. The Hall–Kier alpha value is -2.90. The maximum atomic E-state index is 12.4. The number of hydrogen-bond donors (Lipinski definition) is 3. The maximum Gasteiger partial charge on any atom is 0.325 e. The highest BCUT2D eigenvalue weighted by atomic mass is 16.4. The summed E-state index contributed by atoms with van der Waals surface area (Å²) in [5.74, 6) is -1.88. The minimum Gasteiger partial charge on any atom is -0.481 e. The van der Waals surface area contributed by atoms with Crippen molar-refractivity contribution in [3.05, 3.63) is 35.9 Å². The number of carbonyl (C=O) groups is 4. The normalized spacial score (nSPS) is 17.1. The summed E-state index contributed by atoms with van der Waals surface area (Å²) in [5.41, 5.74) is -0.337. The number of rotatable bonds is 7. The van der Waals surface area contributed by atoms with Crippen LogP contribution in [0.2, 0.25) is 0 Å². The molecule has 1 fully saturated rings. The third kappa shape index (κ3) is 4.34. The van der Waals surface area contributed by atoms with Crippen LogP contribution in [0.5, 0.6) is 0 Å². The first-order valence-electron chi connectivity index (χ1n) is 7.91. The number of urea groups is 1. The number of carboxylic acid groups (broad SMARTS) is 1. The van der Waals surface area contributed by atoms with E-state index < -0.39 is 35.4 Å². The number of imide groups is 1. The van der Waals surface area contributed by atoms with Crippen molar-refractivity contribution in [3.63, 3.8) is 0 Å². The molecule has 0 radical (unpaired) electrons. The van der Waals surface area contributed by atoms with Crippen LogP contribution in [0, 0.1) is 0 Å². The molecule has 1 aliphatic heterocycles. The number of carbonyl (C=O) groups excluding carboxylic acids is 3. The van der Waals surface area contributed by atoms with Crippen molar-refractivity contribution in [1.29, 1.82) is 0 Å². The van der Waals surface area contributed by atoms with Crippen molar-refractivity contribution in [2.45, 2.75) is 38.3 Å². The summed E-state index contributed by atoms with van der Waals surface area (Å²) in [6, 6.07) is 7.89. The minimum atomic E-state index is -1.11. The first kappa shape index (κ1) is 18.4. The van der Waals surface area contributed by atoms with Crippen molar-refractivity contribution in [2.75, 3.05) is 6.54 Å². The Labute approximate surface area is 145 Å². The lowest BCUT2D eigenvalue weighted by Crippen LogP contribution is -2.49. The molecule has 3 N–H and O–H groups in total. The lowest BCUT2D eigenvalue weighted by atomic mass is 10.0. The standard InChI is InChI=1S/C17H21N3O5/c1-17(2)15(24)19-16(25)20(17)10-13(21)18-12(8-9-14(22)23)11-6-4-3-5-7-11/h3-7,12H,8-10H2,1-2H3,(H,18,21)(H,22,23)(H,19,24,25)/t12-/m1/s1. The van der Waals surface area contributed by atoms with E-state index in [2.05, 4.69) is 10.6 Å². The van der Waals surface area contributed by atoms with Gasteiger partial charge in [-0.3, -0.25) is 19.7 Å². The van der Waals surface area contributed by atoms with Crippen molar-refractivity contribution < 1.29 is 24.3 Å². The van der Waals surface area contributed by atoms with Gasteiger partial charge >= 0.3 is 12.0 Å². The lowest BCUT2D eigenvalue weighted by Gasteiger charge is -2.28. The van der Waals surface area contributed by atoms with Gasteiger partial charge in [0.1, 0.15) is 12.1 Å². The third-order valence-corrected chi connectivity index (χ3v) is 4.18. The highest BCUT2D eigenvalue weighted by Crippen LogP contribution is 2.22. The van der Waals surface area contributed by atoms with E-state index in [0.717, 1.165) is 10.5 Å². The molecule has 0 saturated carbocycles.